The molecular weight excluding hydrogens is 242 g/mol. The van der Waals surface area contributed by atoms with E-state index in [9.17, 15) is 4.79 Å². The Labute approximate surface area is 114 Å². The van der Waals surface area contributed by atoms with Crippen LogP contribution in [0.25, 0.3) is 0 Å². The molecule has 0 radical (unpaired) electrons. The van der Waals surface area contributed by atoms with E-state index >= 15 is 0 Å². The van der Waals surface area contributed by atoms with Crippen LogP contribution in [0.1, 0.15) is 36.7 Å². The van der Waals surface area contributed by atoms with Crippen molar-refractivity contribution in [2.75, 3.05) is 0 Å². The van der Waals surface area contributed by atoms with E-state index in [4.69, 9.17) is 5.73 Å². The lowest BCUT2D eigenvalue weighted by Gasteiger charge is -2.19. The largest absolute Gasteiger partial charge is 0.404 e. The van der Waals surface area contributed by atoms with Crippen molar-refractivity contribution >= 4 is 18.4 Å². The van der Waals surface area contributed by atoms with Crippen LogP contribution in [-0.2, 0) is 5.41 Å². The van der Waals surface area contributed by atoms with Gasteiger partial charge >= 0.3 is 0 Å². The highest BCUT2D eigenvalue weighted by Crippen LogP contribution is 2.22. The minimum Gasteiger partial charge on any atom is -0.404 e. The molecule has 3 heteroatoms. The molecule has 0 fully saturated rings. The molecule has 2 nitrogen and oxygen atoms in total. The van der Waals surface area contributed by atoms with E-state index in [1.54, 1.807) is 6.08 Å². The van der Waals surface area contributed by atoms with Crippen LogP contribution in [0.3, 0.4) is 0 Å². The van der Waals surface area contributed by atoms with Crippen LogP contribution in [0.2, 0.25) is 0 Å². The molecule has 0 saturated carbocycles. The Balaban J connectivity index is 3.03. The van der Waals surface area contributed by atoms with Gasteiger partial charge in [-0.2, -0.15) is 12.6 Å². The summed E-state index contributed by atoms with van der Waals surface area (Å²) in [6.07, 6.45) is 2.88. The fraction of sp³-hybridized carbons (Fsp3) is 0.267. The number of allylic oxidation sites excluding steroid dienone is 2. The number of hydrogen-bond donors (Lipinski definition) is 2. The fourth-order valence-electron chi connectivity index (χ4n) is 1.58. The number of carbonyl (C=O) groups is 1. The van der Waals surface area contributed by atoms with Crippen LogP contribution in [0, 0.1) is 0 Å². The standard InChI is InChI=1S/C15H19NOS/c1-15(2,3)13-6-4-11(5-7-13)14(17)12(10-16)8-9-18/h4-10,18H,16H2,1-3H3/b9-8-,12-10-. The highest BCUT2D eigenvalue weighted by molar-refractivity contribution is 7.83. The molecule has 18 heavy (non-hydrogen) atoms. The number of nitrogens with two attached hydrogens (primary N) is 1. The third-order valence-electron chi connectivity index (χ3n) is 2.71. The van der Waals surface area contributed by atoms with Crippen molar-refractivity contribution in [1.29, 1.82) is 0 Å². The van der Waals surface area contributed by atoms with Gasteiger partial charge in [-0.05, 0) is 22.5 Å². The second kappa shape index (κ2) is 5.91. The third kappa shape index (κ3) is 3.50. The summed E-state index contributed by atoms with van der Waals surface area (Å²) in [4.78, 5) is 12.1. The smallest absolute Gasteiger partial charge is 0.194 e. The Morgan fingerprint density at radius 3 is 2.17 bits per heavy atom. The maximum Gasteiger partial charge on any atom is 0.194 e. The van der Waals surface area contributed by atoms with Gasteiger partial charge in [-0.25, -0.2) is 0 Å². The van der Waals surface area contributed by atoms with Crippen LogP contribution >= 0.6 is 12.6 Å². The first-order chi connectivity index (χ1) is 8.40. The van der Waals surface area contributed by atoms with Crippen molar-refractivity contribution in [2.24, 2.45) is 5.73 Å². The van der Waals surface area contributed by atoms with E-state index in [-0.39, 0.29) is 11.2 Å². The highest BCUT2D eigenvalue weighted by Gasteiger charge is 2.15. The summed E-state index contributed by atoms with van der Waals surface area (Å²) in [6, 6.07) is 7.62. The average molecular weight is 261 g/mol. The summed E-state index contributed by atoms with van der Waals surface area (Å²) in [5, 5.41) is 1.50. The van der Waals surface area contributed by atoms with Crippen molar-refractivity contribution in [3.63, 3.8) is 0 Å². The van der Waals surface area contributed by atoms with Crippen LogP contribution in [0.15, 0.2) is 47.5 Å². The predicted molar refractivity (Wildman–Crippen MR) is 79.9 cm³/mol. The van der Waals surface area contributed by atoms with E-state index in [2.05, 4.69) is 33.4 Å². The lowest BCUT2D eigenvalue weighted by atomic mass is 9.86. The number of thiol groups is 1. The molecule has 0 spiro atoms. The molecule has 0 aromatic heterocycles. The van der Waals surface area contributed by atoms with Gasteiger partial charge in [-0.1, -0.05) is 45.0 Å². The summed E-state index contributed by atoms with van der Waals surface area (Å²) >= 11 is 3.95. The van der Waals surface area contributed by atoms with Crippen LogP contribution in [0.4, 0.5) is 0 Å². The summed E-state index contributed by atoms with van der Waals surface area (Å²) in [6.45, 7) is 6.41. The Morgan fingerprint density at radius 2 is 1.78 bits per heavy atom. The van der Waals surface area contributed by atoms with Gasteiger partial charge in [0.2, 0.25) is 0 Å². The first kappa shape index (κ1) is 14.6. The van der Waals surface area contributed by atoms with E-state index < -0.39 is 0 Å². The lowest BCUT2D eigenvalue weighted by Crippen LogP contribution is -2.11. The number of ketones is 1. The Hall–Kier alpha value is -1.48. The molecule has 0 aliphatic heterocycles. The second-order valence-electron chi connectivity index (χ2n) is 5.09. The van der Waals surface area contributed by atoms with Gasteiger partial charge in [0, 0.05) is 17.3 Å². The summed E-state index contributed by atoms with van der Waals surface area (Å²) in [5.41, 5.74) is 7.78. The molecule has 0 aliphatic rings. The van der Waals surface area contributed by atoms with Crippen molar-refractivity contribution in [3.8, 4) is 0 Å². The number of carbonyl (C=O) groups excluding carboxylic acids is 1. The molecule has 0 aliphatic carbocycles. The highest BCUT2D eigenvalue weighted by atomic mass is 32.1. The summed E-state index contributed by atoms with van der Waals surface area (Å²) in [7, 11) is 0. The van der Waals surface area contributed by atoms with Gasteiger partial charge in [0.1, 0.15) is 0 Å². The number of Topliss-reactive ketones (excluding diaryl/α,β-unsaturated/α-hetero) is 1. The monoisotopic (exact) mass is 261 g/mol. The van der Waals surface area contributed by atoms with Crippen LogP contribution in [0.5, 0.6) is 0 Å². The molecule has 1 aromatic rings. The zero-order chi connectivity index (χ0) is 13.8. The number of rotatable bonds is 3. The maximum atomic E-state index is 12.1. The molecule has 0 heterocycles. The average Bonchev–Trinajstić information content (AvgIpc) is 2.34. The maximum absolute atomic E-state index is 12.1. The SMILES string of the molecule is CC(C)(C)c1ccc(C(=O)C(/C=C\S)=C\N)cc1. The van der Waals surface area contributed by atoms with Gasteiger partial charge in [0.25, 0.3) is 0 Å². The molecule has 0 amide bonds. The quantitative estimate of drug-likeness (QED) is 0.379. The van der Waals surface area contributed by atoms with Gasteiger partial charge in [-0.15, -0.1) is 0 Å². The van der Waals surface area contributed by atoms with Crippen LogP contribution in [-0.4, -0.2) is 5.78 Å². The third-order valence-corrected chi connectivity index (χ3v) is 2.86. The molecule has 0 saturated heterocycles. The Kier molecular flexibility index (Phi) is 4.79. The van der Waals surface area contributed by atoms with Gasteiger partial charge in [-0.3, -0.25) is 4.79 Å². The van der Waals surface area contributed by atoms with E-state index in [1.165, 1.54) is 17.2 Å². The topological polar surface area (TPSA) is 43.1 Å². The number of hydrogen-bond acceptors (Lipinski definition) is 3. The van der Waals surface area contributed by atoms with Crippen molar-refractivity contribution in [1.82, 2.24) is 0 Å². The molecule has 96 valence electrons. The van der Waals surface area contributed by atoms with Gasteiger partial charge in [0.05, 0.1) is 0 Å². The van der Waals surface area contributed by atoms with Gasteiger partial charge in [0.15, 0.2) is 5.78 Å². The molecule has 1 aromatic carbocycles. The summed E-state index contributed by atoms with van der Waals surface area (Å²) in [5.74, 6) is -0.0942. The van der Waals surface area contributed by atoms with Crippen molar-refractivity contribution in [3.05, 3.63) is 58.6 Å². The van der Waals surface area contributed by atoms with Gasteiger partial charge < -0.3 is 5.73 Å². The van der Waals surface area contributed by atoms with E-state index in [0.717, 1.165) is 0 Å². The predicted octanol–water partition coefficient (Wildman–Crippen LogP) is 3.45. The fourth-order valence-corrected chi connectivity index (χ4v) is 1.74. The first-order valence-corrected chi connectivity index (χ1v) is 6.29. The number of benzene rings is 1. The first-order valence-electron chi connectivity index (χ1n) is 5.78. The minimum atomic E-state index is -0.0942. The zero-order valence-corrected chi connectivity index (χ0v) is 11.9. The summed E-state index contributed by atoms with van der Waals surface area (Å²) < 4.78 is 0. The molecule has 1 rings (SSSR count). The normalized spacial score (nSPS) is 13.0. The van der Waals surface area contributed by atoms with E-state index in [0.29, 0.717) is 11.1 Å². The Bertz CT molecular complexity index is 478. The molecular formula is C15H19NOS. The van der Waals surface area contributed by atoms with Crippen LogP contribution < -0.4 is 5.73 Å². The van der Waals surface area contributed by atoms with Crippen molar-refractivity contribution in [2.45, 2.75) is 26.2 Å². The Morgan fingerprint density at radius 1 is 1.22 bits per heavy atom. The van der Waals surface area contributed by atoms with Crippen molar-refractivity contribution < 1.29 is 4.79 Å². The molecule has 2 N–H and O–H groups in total. The molecule has 0 atom stereocenters. The second-order valence-corrected chi connectivity index (χ2v) is 5.39. The lowest BCUT2D eigenvalue weighted by molar-refractivity contribution is 0.103. The molecule has 0 unspecified atom stereocenters. The zero-order valence-electron chi connectivity index (χ0n) is 11.0. The molecule has 0 bridgehead atoms. The van der Waals surface area contributed by atoms with E-state index in [1.807, 2.05) is 24.3 Å². The minimum absolute atomic E-state index is 0.0825.